The molecule has 2 saturated heterocycles. The number of aryl methyl sites for hydroxylation is 1. The van der Waals surface area contributed by atoms with Crippen LogP contribution in [0.4, 0.5) is 5.69 Å². The van der Waals surface area contributed by atoms with E-state index in [-0.39, 0.29) is 6.04 Å². The van der Waals surface area contributed by atoms with Crippen LogP contribution < -0.4 is 10.2 Å². The van der Waals surface area contributed by atoms with E-state index in [0.29, 0.717) is 11.5 Å². The zero-order valence-electron chi connectivity index (χ0n) is 13.4. The average molecular weight is 355 g/mol. The summed E-state index contributed by atoms with van der Waals surface area (Å²) in [4.78, 5) is 3.60. The second-order valence-corrected chi connectivity index (χ2v) is 9.16. The lowest BCUT2D eigenvalue weighted by molar-refractivity contribution is -0.925. The molecule has 0 bridgehead atoms. The fourth-order valence-electron chi connectivity index (χ4n) is 3.45. The van der Waals surface area contributed by atoms with Crippen LogP contribution in [0.5, 0.6) is 0 Å². The predicted octanol–water partition coefficient (Wildman–Crippen LogP) is 0.0794. The number of nitrogens with zero attached hydrogens (tertiary/aromatic N) is 1. The summed E-state index contributed by atoms with van der Waals surface area (Å²) in [6, 6.07) is 8.46. The van der Waals surface area contributed by atoms with Crippen molar-refractivity contribution in [1.82, 2.24) is 4.90 Å². The maximum Gasteiger partial charge on any atom is 0.173 e. The van der Waals surface area contributed by atoms with E-state index >= 15 is 0 Å². The summed E-state index contributed by atoms with van der Waals surface area (Å²) in [5.41, 5.74) is 2.22. The quantitative estimate of drug-likeness (QED) is 0.737. The van der Waals surface area contributed by atoms with Gasteiger partial charge in [0.2, 0.25) is 0 Å². The van der Waals surface area contributed by atoms with Crippen LogP contribution in [-0.4, -0.2) is 62.2 Å². The Morgan fingerprint density at radius 3 is 2.70 bits per heavy atom. The molecule has 2 N–H and O–H groups in total. The molecule has 0 amide bonds. The van der Waals surface area contributed by atoms with Crippen molar-refractivity contribution in [3.05, 3.63) is 29.8 Å². The molecule has 5 nitrogen and oxygen atoms in total. The van der Waals surface area contributed by atoms with Crippen LogP contribution in [0, 0.1) is 6.92 Å². The Bertz CT molecular complexity index is 682. The predicted molar refractivity (Wildman–Crippen MR) is 96.7 cm³/mol. The molecule has 1 atom stereocenters. The number of quaternary nitrogens is 1. The Morgan fingerprint density at radius 1 is 1.35 bits per heavy atom. The van der Waals surface area contributed by atoms with Crippen LogP contribution in [0.25, 0.3) is 0 Å². The van der Waals surface area contributed by atoms with Gasteiger partial charge in [0.05, 0.1) is 31.9 Å². The fourth-order valence-corrected chi connectivity index (χ4v) is 5.57. The van der Waals surface area contributed by atoms with Crippen LogP contribution in [-0.2, 0) is 9.84 Å². The van der Waals surface area contributed by atoms with Gasteiger partial charge in [-0.05, 0) is 36.8 Å². The molecular formula is C16H24N3O2S2+. The van der Waals surface area contributed by atoms with E-state index in [1.807, 2.05) is 12.1 Å². The Hall–Kier alpha value is -1.18. The first-order chi connectivity index (χ1) is 10.9. The van der Waals surface area contributed by atoms with Gasteiger partial charge in [-0.2, -0.15) is 0 Å². The Morgan fingerprint density at radius 2 is 2.09 bits per heavy atom. The average Bonchev–Trinajstić information content (AvgIpc) is 2.87. The first-order valence-corrected chi connectivity index (χ1v) is 10.3. The molecule has 0 aromatic heterocycles. The second kappa shape index (κ2) is 6.75. The molecule has 1 aromatic rings. The lowest BCUT2D eigenvalue weighted by Gasteiger charge is -2.36. The summed E-state index contributed by atoms with van der Waals surface area (Å²) in [7, 11) is -2.79. The molecule has 2 aliphatic rings. The number of rotatable bonds is 2. The largest absolute Gasteiger partial charge is 0.338 e. The smallest absolute Gasteiger partial charge is 0.173 e. The monoisotopic (exact) mass is 354 g/mol. The van der Waals surface area contributed by atoms with Gasteiger partial charge in [-0.1, -0.05) is 12.1 Å². The van der Waals surface area contributed by atoms with E-state index in [1.54, 1.807) is 0 Å². The van der Waals surface area contributed by atoms with E-state index in [9.17, 15) is 8.42 Å². The maximum atomic E-state index is 11.6. The minimum Gasteiger partial charge on any atom is -0.338 e. The van der Waals surface area contributed by atoms with Gasteiger partial charge in [-0.25, -0.2) is 8.42 Å². The highest BCUT2D eigenvalue weighted by Crippen LogP contribution is 2.12. The third-order valence-corrected chi connectivity index (χ3v) is 6.90. The van der Waals surface area contributed by atoms with E-state index in [0.717, 1.165) is 43.4 Å². The molecule has 0 saturated carbocycles. The Balaban J connectivity index is 1.51. The molecule has 2 fully saturated rings. The third-order valence-electron chi connectivity index (χ3n) is 4.77. The molecule has 0 radical (unpaired) electrons. The summed E-state index contributed by atoms with van der Waals surface area (Å²) in [6.07, 6.45) is 0.809. The highest BCUT2D eigenvalue weighted by atomic mass is 32.2. The van der Waals surface area contributed by atoms with Crippen molar-refractivity contribution < 1.29 is 13.3 Å². The minimum absolute atomic E-state index is 0.278. The van der Waals surface area contributed by atoms with Gasteiger partial charge in [-0.3, -0.25) is 0 Å². The summed E-state index contributed by atoms with van der Waals surface area (Å²) in [6.45, 7) is 5.73. The number of nitrogens with one attached hydrogen (secondary N) is 2. The third kappa shape index (κ3) is 4.22. The zero-order valence-corrected chi connectivity index (χ0v) is 15.0. The molecule has 23 heavy (non-hydrogen) atoms. The standard InChI is InChI=1S/C16H23N3O2S2/c1-13-3-2-4-14(11-13)17-16(22)19-8-6-18(7-9-19)15-5-10-23(20,21)12-15/h2-4,11,15H,5-10,12H2,1H3,(H,17,22)/p+1/t15-/m1/s1. The topological polar surface area (TPSA) is 53.9 Å². The highest BCUT2D eigenvalue weighted by molar-refractivity contribution is 7.91. The van der Waals surface area contributed by atoms with Crippen molar-refractivity contribution in [1.29, 1.82) is 0 Å². The van der Waals surface area contributed by atoms with E-state index in [1.165, 1.54) is 10.5 Å². The highest BCUT2D eigenvalue weighted by Gasteiger charge is 2.37. The Kier molecular flexibility index (Phi) is 4.89. The first-order valence-electron chi connectivity index (χ1n) is 8.10. The zero-order chi connectivity index (χ0) is 16.4. The number of thiocarbonyl (C=S) groups is 1. The summed E-state index contributed by atoms with van der Waals surface area (Å²) in [5, 5.41) is 4.06. The Labute approximate surface area is 143 Å². The molecule has 2 aliphatic heterocycles. The van der Waals surface area contributed by atoms with Gasteiger partial charge in [-0.15, -0.1) is 0 Å². The van der Waals surface area contributed by atoms with Crippen molar-refractivity contribution in [3.8, 4) is 0 Å². The van der Waals surface area contributed by atoms with Crippen molar-refractivity contribution in [2.24, 2.45) is 0 Å². The van der Waals surface area contributed by atoms with Crippen LogP contribution in [0.2, 0.25) is 0 Å². The molecular weight excluding hydrogens is 330 g/mol. The number of hydrogen-bond donors (Lipinski definition) is 2. The minimum atomic E-state index is -2.79. The van der Waals surface area contributed by atoms with Crippen molar-refractivity contribution in [2.45, 2.75) is 19.4 Å². The van der Waals surface area contributed by atoms with Crippen molar-refractivity contribution >= 4 is 32.9 Å². The van der Waals surface area contributed by atoms with Gasteiger partial charge in [0, 0.05) is 12.1 Å². The lowest BCUT2D eigenvalue weighted by Crippen LogP contribution is -3.18. The van der Waals surface area contributed by atoms with Crippen LogP contribution in [0.1, 0.15) is 12.0 Å². The van der Waals surface area contributed by atoms with Crippen molar-refractivity contribution in [3.63, 3.8) is 0 Å². The van der Waals surface area contributed by atoms with E-state index in [2.05, 4.69) is 29.3 Å². The molecule has 3 rings (SSSR count). The normalized spacial score (nSPS) is 24.6. The molecule has 0 unspecified atom stereocenters. The molecule has 1 aromatic carbocycles. The molecule has 2 heterocycles. The number of benzene rings is 1. The maximum absolute atomic E-state index is 11.6. The van der Waals surface area contributed by atoms with Crippen molar-refractivity contribution in [2.75, 3.05) is 43.0 Å². The van der Waals surface area contributed by atoms with Gasteiger partial charge in [0.15, 0.2) is 14.9 Å². The number of sulfone groups is 1. The molecule has 126 valence electrons. The molecule has 7 heteroatoms. The second-order valence-electron chi connectivity index (χ2n) is 6.54. The van der Waals surface area contributed by atoms with Gasteiger partial charge in [0.25, 0.3) is 0 Å². The molecule has 0 spiro atoms. The first kappa shape index (κ1) is 16.7. The van der Waals surface area contributed by atoms with E-state index < -0.39 is 9.84 Å². The number of hydrogen-bond acceptors (Lipinski definition) is 3. The SMILES string of the molecule is Cc1cccc(NC(=S)N2CC[NH+]([C@@H]3CCS(=O)(=O)C3)CC2)c1. The van der Waals surface area contributed by atoms with Gasteiger partial charge in [0.1, 0.15) is 11.8 Å². The lowest BCUT2D eigenvalue weighted by atomic mass is 10.2. The van der Waals surface area contributed by atoms with Crippen LogP contribution >= 0.6 is 12.2 Å². The van der Waals surface area contributed by atoms with Crippen LogP contribution in [0.3, 0.4) is 0 Å². The summed E-state index contributed by atoms with van der Waals surface area (Å²) < 4.78 is 23.3. The summed E-state index contributed by atoms with van der Waals surface area (Å²) in [5.74, 6) is 0.715. The number of anilines is 1. The summed E-state index contributed by atoms with van der Waals surface area (Å²) >= 11 is 5.52. The fraction of sp³-hybridized carbons (Fsp3) is 0.562. The van der Waals surface area contributed by atoms with Crippen LogP contribution in [0.15, 0.2) is 24.3 Å². The molecule has 0 aliphatic carbocycles. The van der Waals surface area contributed by atoms with E-state index in [4.69, 9.17) is 12.2 Å². The van der Waals surface area contributed by atoms with Gasteiger partial charge >= 0.3 is 0 Å². The number of piperazine rings is 1. The van der Waals surface area contributed by atoms with Gasteiger partial charge < -0.3 is 15.1 Å².